The molecule has 6 heterocycles. The van der Waals surface area contributed by atoms with Crippen LogP contribution in [0.15, 0.2) is 49.2 Å². The van der Waals surface area contributed by atoms with Gasteiger partial charge in [0.25, 0.3) is 0 Å². The molecule has 47 heavy (non-hydrogen) atoms. The number of hydrogen-bond acceptors (Lipinski definition) is 9. The van der Waals surface area contributed by atoms with Crippen LogP contribution >= 0.6 is 11.6 Å². The van der Waals surface area contributed by atoms with E-state index in [2.05, 4.69) is 21.4 Å². The van der Waals surface area contributed by atoms with Gasteiger partial charge >= 0.3 is 6.01 Å². The van der Waals surface area contributed by atoms with Gasteiger partial charge in [-0.1, -0.05) is 42.4 Å². The highest BCUT2D eigenvalue weighted by Gasteiger charge is 2.51. The predicted molar refractivity (Wildman–Crippen MR) is 172 cm³/mol. The summed E-state index contributed by atoms with van der Waals surface area (Å²) < 4.78 is 57.8. The SMILES string of the molecule is C=CC(O)N1CCN(c2nc(OC[C@@]34CCCN3C[C@H](F)C4)nc3c(F)c(-c4cccc5ccc(F)c(Cl)c45)ncc23)CC12COC2. The van der Waals surface area contributed by atoms with Crippen molar-refractivity contribution in [3.63, 3.8) is 0 Å². The van der Waals surface area contributed by atoms with Gasteiger partial charge in [0.05, 0.1) is 34.7 Å². The first-order valence-electron chi connectivity index (χ1n) is 15.9. The van der Waals surface area contributed by atoms with Gasteiger partial charge in [0.1, 0.15) is 41.9 Å². The summed E-state index contributed by atoms with van der Waals surface area (Å²) in [5, 5.41) is 11.9. The fourth-order valence-corrected chi connectivity index (χ4v) is 8.25. The zero-order valence-electron chi connectivity index (χ0n) is 25.6. The smallest absolute Gasteiger partial charge is 0.319 e. The molecule has 0 amide bonds. The lowest BCUT2D eigenvalue weighted by Gasteiger charge is -2.56. The third-order valence-electron chi connectivity index (χ3n) is 10.3. The molecule has 8 rings (SSSR count). The maximum Gasteiger partial charge on any atom is 0.319 e. The molecule has 0 saturated carbocycles. The van der Waals surface area contributed by atoms with Crippen molar-refractivity contribution in [1.29, 1.82) is 0 Å². The molecule has 1 unspecified atom stereocenters. The molecule has 1 N–H and O–H groups in total. The van der Waals surface area contributed by atoms with Crippen molar-refractivity contribution in [2.24, 2.45) is 0 Å². The van der Waals surface area contributed by atoms with Gasteiger partial charge in [0.15, 0.2) is 5.82 Å². The quantitative estimate of drug-likeness (QED) is 0.270. The van der Waals surface area contributed by atoms with Gasteiger partial charge in [-0.15, -0.1) is 0 Å². The monoisotopic (exact) mass is 666 g/mol. The van der Waals surface area contributed by atoms with Crippen LogP contribution in [0.2, 0.25) is 5.02 Å². The molecule has 2 aromatic heterocycles. The van der Waals surface area contributed by atoms with Crippen LogP contribution in [-0.4, -0.2) is 106 Å². The Bertz CT molecular complexity index is 1900. The van der Waals surface area contributed by atoms with Crippen molar-refractivity contribution < 1.29 is 27.8 Å². The maximum atomic E-state index is 16.8. The fraction of sp³-hybridized carbons (Fsp3) is 0.441. The third-order valence-corrected chi connectivity index (χ3v) is 10.7. The molecule has 4 saturated heterocycles. The molecule has 4 aromatic rings. The molecular weight excluding hydrogens is 633 g/mol. The number of piperazine rings is 1. The number of fused-ring (bicyclic) bond motifs is 3. The second-order valence-corrected chi connectivity index (χ2v) is 13.5. The van der Waals surface area contributed by atoms with Gasteiger partial charge in [0, 0.05) is 49.7 Å². The zero-order valence-corrected chi connectivity index (χ0v) is 26.4. The molecule has 0 aliphatic carbocycles. The Labute approximate surface area is 274 Å². The number of pyridine rings is 1. The van der Waals surface area contributed by atoms with Crippen molar-refractivity contribution in [2.75, 3.05) is 57.4 Å². The van der Waals surface area contributed by atoms with E-state index in [1.165, 1.54) is 18.3 Å². The van der Waals surface area contributed by atoms with Gasteiger partial charge in [-0.05, 0) is 36.9 Å². The van der Waals surface area contributed by atoms with Crippen LogP contribution in [0, 0.1) is 11.6 Å². The lowest BCUT2D eigenvalue weighted by Crippen LogP contribution is -2.73. The highest BCUT2D eigenvalue weighted by atomic mass is 35.5. The predicted octanol–water partition coefficient (Wildman–Crippen LogP) is 5.13. The van der Waals surface area contributed by atoms with Gasteiger partial charge in [-0.25, -0.2) is 13.2 Å². The van der Waals surface area contributed by atoms with E-state index in [1.54, 1.807) is 24.3 Å². The molecule has 2 aromatic carbocycles. The number of halogens is 4. The maximum absolute atomic E-state index is 16.8. The lowest BCUT2D eigenvalue weighted by molar-refractivity contribution is -0.179. The van der Waals surface area contributed by atoms with Crippen molar-refractivity contribution in [3.8, 4) is 17.3 Å². The van der Waals surface area contributed by atoms with Gasteiger partial charge in [-0.2, -0.15) is 9.97 Å². The molecule has 4 aliphatic heterocycles. The van der Waals surface area contributed by atoms with E-state index in [-0.39, 0.29) is 28.9 Å². The number of aromatic nitrogens is 3. The highest BCUT2D eigenvalue weighted by Crippen LogP contribution is 2.42. The summed E-state index contributed by atoms with van der Waals surface area (Å²) in [4.78, 5) is 20.0. The van der Waals surface area contributed by atoms with E-state index in [0.717, 1.165) is 19.4 Å². The van der Waals surface area contributed by atoms with Crippen molar-refractivity contribution in [2.45, 2.75) is 42.7 Å². The number of alkyl halides is 1. The second-order valence-electron chi connectivity index (χ2n) is 13.1. The first-order chi connectivity index (χ1) is 22.7. The Morgan fingerprint density at radius 1 is 1.17 bits per heavy atom. The summed E-state index contributed by atoms with van der Waals surface area (Å²) in [6.45, 7) is 7.27. The van der Waals surface area contributed by atoms with Crippen LogP contribution in [0.5, 0.6) is 6.01 Å². The van der Waals surface area contributed by atoms with Gasteiger partial charge < -0.3 is 19.5 Å². The van der Waals surface area contributed by atoms with Crippen molar-refractivity contribution in [3.05, 3.63) is 65.8 Å². The van der Waals surface area contributed by atoms with Crippen LogP contribution in [-0.2, 0) is 4.74 Å². The number of rotatable bonds is 7. The minimum Gasteiger partial charge on any atom is -0.461 e. The standard InChI is InChI=1S/C34H34ClF3N6O3/c1-2-25(45)44-12-11-42(16-34(44)17-46-18-34)31-23-14-39-29(22-6-3-5-20-7-8-24(37)27(35)26(20)22)28(38)30(23)40-32(41-31)47-19-33-9-4-10-43(33)15-21(36)13-33/h2-3,5-8,14,21,25,45H,1,4,9-13,15-19H2/t21-,25?,33+/m1/s1. The largest absolute Gasteiger partial charge is 0.461 e. The fourth-order valence-electron chi connectivity index (χ4n) is 7.98. The number of aliphatic hydroxyl groups excluding tert-OH is 1. The number of benzene rings is 2. The van der Waals surface area contributed by atoms with E-state index in [4.69, 9.17) is 26.1 Å². The molecule has 0 radical (unpaired) electrons. The molecule has 246 valence electrons. The molecule has 9 nitrogen and oxygen atoms in total. The minimum absolute atomic E-state index is 0.0115. The van der Waals surface area contributed by atoms with E-state index in [9.17, 15) is 13.9 Å². The average Bonchev–Trinajstić information content (AvgIpc) is 3.59. The third kappa shape index (κ3) is 4.95. The lowest BCUT2D eigenvalue weighted by atomic mass is 9.91. The zero-order chi connectivity index (χ0) is 32.5. The minimum atomic E-state index is -0.932. The van der Waals surface area contributed by atoms with Crippen LogP contribution in [0.1, 0.15) is 19.3 Å². The van der Waals surface area contributed by atoms with E-state index in [1.807, 2.05) is 9.80 Å². The van der Waals surface area contributed by atoms with Crippen LogP contribution in [0.3, 0.4) is 0 Å². The summed E-state index contributed by atoms with van der Waals surface area (Å²) in [6, 6.07) is 7.99. The van der Waals surface area contributed by atoms with Crippen LogP contribution in [0.25, 0.3) is 32.9 Å². The topological polar surface area (TPSA) is 87.1 Å². The molecule has 4 fully saturated rings. The van der Waals surface area contributed by atoms with E-state index < -0.39 is 35.1 Å². The molecule has 3 atom stereocenters. The summed E-state index contributed by atoms with van der Waals surface area (Å²) >= 11 is 6.41. The number of nitrogens with zero attached hydrogens (tertiary/aromatic N) is 6. The van der Waals surface area contributed by atoms with E-state index >= 15 is 4.39 Å². The Kier molecular flexibility index (Phi) is 7.56. The van der Waals surface area contributed by atoms with Crippen LogP contribution < -0.4 is 9.64 Å². The first kappa shape index (κ1) is 30.8. The van der Waals surface area contributed by atoms with Crippen LogP contribution in [0.4, 0.5) is 19.0 Å². The summed E-state index contributed by atoms with van der Waals surface area (Å²) in [6.07, 6.45) is 3.34. The van der Waals surface area contributed by atoms with Gasteiger partial charge in [0.2, 0.25) is 0 Å². The summed E-state index contributed by atoms with van der Waals surface area (Å²) in [7, 11) is 0. The Hall–Kier alpha value is -3.55. The summed E-state index contributed by atoms with van der Waals surface area (Å²) in [5.41, 5.74) is -0.674. The average molecular weight is 667 g/mol. The molecule has 0 bridgehead atoms. The van der Waals surface area contributed by atoms with Crippen molar-refractivity contribution >= 4 is 39.1 Å². The number of ether oxygens (including phenoxy) is 2. The van der Waals surface area contributed by atoms with Crippen molar-refractivity contribution in [1.82, 2.24) is 24.8 Å². The number of hydrogen-bond donors (Lipinski definition) is 1. The Balaban J connectivity index is 1.24. The first-order valence-corrected chi connectivity index (χ1v) is 16.3. The molecule has 1 spiro atoms. The summed E-state index contributed by atoms with van der Waals surface area (Å²) in [5.74, 6) is -0.915. The van der Waals surface area contributed by atoms with Gasteiger partial charge in [-0.3, -0.25) is 14.8 Å². The number of anilines is 1. The molecule has 13 heteroatoms. The normalized spacial score (nSPS) is 25.0. The Morgan fingerprint density at radius 2 is 2.02 bits per heavy atom. The molecular formula is C34H34ClF3N6O3. The van der Waals surface area contributed by atoms with E-state index in [0.29, 0.717) is 73.4 Å². The highest BCUT2D eigenvalue weighted by molar-refractivity contribution is 6.36. The molecule has 4 aliphatic rings. The Morgan fingerprint density at radius 3 is 2.81 bits per heavy atom. The number of aliphatic hydroxyl groups is 1. The second kappa shape index (κ2) is 11.6.